The molecule has 2 rings (SSSR count). The first-order valence-corrected chi connectivity index (χ1v) is 8.02. The molecule has 1 heterocycles. The van der Waals surface area contributed by atoms with Crippen molar-refractivity contribution in [2.45, 2.75) is 6.42 Å². The van der Waals surface area contributed by atoms with Crippen LogP contribution in [-0.2, 0) is 0 Å². The molecule has 2 aromatic rings. The lowest BCUT2D eigenvalue weighted by atomic mass is 10.1. The van der Waals surface area contributed by atoms with Gasteiger partial charge in [-0.2, -0.15) is 11.3 Å². The normalized spacial score (nSPS) is 10.2. The molecule has 3 N–H and O–H groups in total. The number of benzene rings is 1. The third-order valence-corrected chi connectivity index (χ3v) is 3.78. The Hall–Kier alpha value is -2.18. The van der Waals surface area contributed by atoms with E-state index in [0.717, 1.165) is 13.0 Å². The van der Waals surface area contributed by atoms with Crippen molar-refractivity contribution in [2.75, 3.05) is 25.5 Å². The molecular formula is C16H19N3O2S. The highest BCUT2D eigenvalue weighted by Gasteiger charge is 2.13. The van der Waals surface area contributed by atoms with E-state index in [1.807, 2.05) is 12.4 Å². The number of para-hydroxylation sites is 1. The maximum Gasteiger partial charge on any atom is 0.256 e. The lowest BCUT2D eigenvalue weighted by Crippen LogP contribution is -2.27. The summed E-state index contributed by atoms with van der Waals surface area (Å²) in [6.45, 7) is 1.43. The van der Waals surface area contributed by atoms with Gasteiger partial charge in [0, 0.05) is 11.9 Å². The van der Waals surface area contributed by atoms with Gasteiger partial charge in [-0.05, 0) is 43.6 Å². The maximum absolute atomic E-state index is 12.2. The average Bonchev–Trinajstić information content (AvgIpc) is 3.06. The molecule has 2 amide bonds. The Morgan fingerprint density at radius 2 is 1.91 bits per heavy atom. The molecule has 0 saturated carbocycles. The summed E-state index contributed by atoms with van der Waals surface area (Å²) in [4.78, 5) is 24.3. The van der Waals surface area contributed by atoms with Gasteiger partial charge < -0.3 is 16.0 Å². The van der Waals surface area contributed by atoms with Crippen molar-refractivity contribution >= 4 is 28.8 Å². The second-order valence-corrected chi connectivity index (χ2v) is 5.50. The molecule has 0 spiro atoms. The van der Waals surface area contributed by atoms with Crippen LogP contribution in [0.1, 0.15) is 27.1 Å². The first kappa shape index (κ1) is 16.2. The van der Waals surface area contributed by atoms with Gasteiger partial charge in [-0.15, -0.1) is 0 Å². The van der Waals surface area contributed by atoms with Gasteiger partial charge in [0.1, 0.15) is 0 Å². The average molecular weight is 317 g/mol. The van der Waals surface area contributed by atoms with Crippen molar-refractivity contribution in [1.82, 2.24) is 10.6 Å². The summed E-state index contributed by atoms with van der Waals surface area (Å²) in [5, 5.41) is 12.3. The summed E-state index contributed by atoms with van der Waals surface area (Å²) in [6, 6.07) is 8.76. The minimum Gasteiger partial charge on any atom is -0.352 e. The van der Waals surface area contributed by atoms with Gasteiger partial charge in [0.25, 0.3) is 11.8 Å². The van der Waals surface area contributed by atoms with Crippen LogP contribution < -0.4 is 16.0 Å². The quantitative estimate of drug-likeness (QED) is 0.687. The molecule has 0 saturated heterocycles. The van der Waals surface area contributed by atoms with E-state index in [2.05, 4.69) is 16.0 Å². The van der Waals surface area contributed by atoms with Crippen LogP contribution in [0, 0.1) is 0 Å². The van der Waals surface area contributed by atoms with E-state index in [9.17, 15) is 9.59 Å². The maximum atomic E-state index is 12.2. The molecular weight excluding hydrogens is 298 g/mol. The van der Waals surface area contributed by atoms with E-state index in [1.165, 1.54) is 11.3 Å². The van der Waals surface area contributed by atoms with Crippen LogP contribution in [0.5, 0.6) is 0 Å². The Morgan fingerprint density at radius 3 is 2.64 bits per heavy atom. The van der Waals surface area contributed by atoms with Gasteiger partial charge in [0.05, 0.1) is 16.8 Å². The molecule has 116 valence electrons. The summed E-state index contributed by atoms with van der Waals surface area (Å²) < 4.78 is 0. The van der Waals surface area contributed by atoms with Crippen LogP contribution >= 0.6 is 11.3 Å². The largest absolute Gasteiger partial charge is 0.352 e. The fraction of sp³-hybridized carbons (Fsp3) is 0.250. The van der Waals surface area contributed by atoms with Gasteiger partial charge in [-0.3, -0.25) is 9.59 Å². The molecule has 0 bridgehead atoms. The molecule has 0 aliphatic heterocycles. The lowest BCUT2D eigenvalue weighted by Gasteiger charge is -2.11. The van der Waals surface area contributed by atoms with E-state index in [-0.39, 0.29) is 11.8 Å². The van der Waals surface area contributed by atoms with E-state index in [1.54, 1.807) is 35.7 Å². The first-order chi connectivity index (χ1) is 10.7. The third-order valence-electron chi connectivity index (χ3n) is 3.09. The zero-order valence-corrected chi connectivity index (χ0v) is 13.2. The highest BCUT2D eigenvalue weighted by atomic mass is 32.1. The number of hydrogen-bond donors (Lipinski definition) is 3. The summed E-state index contributed by atoms with van der Waals surface area (Å²) in [5.74, 6) is -0.394. The van der Waals surface area contributed by atoms with Crippen molar-refractivity contribution < 1.29 is 9.59 Å². The fourth-order valence-electron chi connectivity index (χ4n) is 1.94. The summed E-state index contributed by atoms with van der Waals surface area (Å²) in [5.41, 5.74) is 1.58. The number of carbonyl (C=O) groups excluding carboxylic acids is 2. The zero-order valence-electron chi connectivity index (χ0n) is 12.4. The number of nitrogens with one attached hydrogen (secondary N) is 3. The fourth-order valence-corrected chi connectivity index (χ4v) is 2.58. The van der Waals surface area contributed by atoms with Gasteiger partial charge >= 0.3 is 0 Å². The van der Waals surface area contributed by atoms with Gasteiger partial charge in [0.2, 0.25) is 0 Å². The second kappa shape index (κ2) is 8.31. The molecule has 1 aromatic heterocycles. The number of carbonyl (C=O) groups is 2. The van der Waals surface area contributed by atoms with Crippen molar-refractivity contribution in [1.29, 1.82) is 0 Å². The predicted molar refractivity (Wildman–Crippen MR) is 89.6 cm³/mol. The van der Waals surface area contributed by atoms with E-state index in [4.69, 9.17) is 0 Å². The smallest absolute Gasteiger partial charge is 0.256 e. The number of thiophene rings is 1. The highest BCUT2D eigenvalue weighted by molar-refractivity contribution is 7.08. The standard InChI is InChI=1S/C16H19N3O2S/c1-17-8-4-9-18-16(21)13-5-2-3-6-14(13)19-15(20)12-7-10-22-11-12/h2-3,5-7,10-11,17H,4,8-9H2,1H3,(H,18,21)(H,19,20). The minimum atomic E-state index is -0.211. The van der Waals surface area contributed by atoms with Crippen LogP contribution in [0.3, 0.4) is 0 Å². The minimum absolute atomic E-state index is 0.183. The Labute approximate surface area is 133 Å². The van der Waals surface area contributed by atoms with Crippen LogP contribution in [0.2, 0.25) is 0 Å². The Balaban J connectivity index is 2.03. The monoisotopic (exact) mass is 317 g/mol. The lowest BCUT2D eigenvalue weighted by molar-refractivity contribution is 0.0954. The summed E-state index contributed by atoms with van der Waals surface area (Å²) in [6.07, 6.45) is 0.853. The zero-order chi connectivity index (χ0) is 15.8. The molecule has 1 aromatic carbocycles. The van der Waals surface area contributed by atoms with Crippen LogP contribution in [-0.4, -0.2) is 32.0 Å². The predicted octanol–water partition coefficient (Wildman–Crippen LogP) is 2.34. The number of rotatable bonds is 7. The summed E-state index contributed by atoms with van der Waals surface area (Å²) >= 11 is 1.46. The molecule has 0 aliphatic rings. The number of anilines is 1. The van der Waals surface area contributed by atoms with Crippen molar-refractivity contribution in [2.24, 2.45) is 0 Å². The van der Waals surface area contributed by atoms with E-state index < -0.39 is 0 Å². The highest BCUT2D eigenvalue weighted by Crippen LogP contribution is 2.17. The number of amides is 2. The van der Waals surface area contributed by atoms with Crippen LogP contribution in [0.25, 0.3) is 0 Å². The van der Waals surface area contributed by atoms with Gasteiger partial charge in [-0.1, -0.05) is 12.1 Å². The van der Waals surface area contributed by atoms with Crippen molar-refractivity contribution in [3.8, 4) is 0 Å². The Bertz CT molecular complexity index is 626. The SMILES string of the molecule is CNCCCNC(=O)c1ccccc1NC(=O)c1ccsc1. The molecule has 5 nitrogen and oxygen atoms in total. The molecule has 0 unspecified atom stereocenters. The van der Waals surface area contributed by atoms with Crippen molar-refractivity contribution in [3.63, 3.8) is 0 Å². The summed E-state index contributed by atoms with van der Waals surface area (Å²) in [7, 11) is 1.87. The van der Waals surface area contributed by atoms with Gasteiger partial charge in [0.15, 0.2) is 0 Å². The molecule has 0 atom stereocenters. The molecule has 0 aliphatic carbocycles. The van der Waals surface area contributed by atoms with E-state index >= 15 is 0 Å². The molecule has 0 fully saturated rings. The van der Waals surface area contributed by atoms with Gasteiger partial charge in [-0.25, -0.2) is 0 Å². The topological polar surface area (TPSA) is 70.2 Å². The molecule has 6 heteroatoms. The second-order valence-electron chi connectivity index (χ2n) is 4.72. The Morgan fingerprint density at radius 1 is 1.09 bits per heavy atom. The van der Waals surface area contributed by atoms with Crippen LogP contribution in [0.4, 0.5) is 5.69 Å². The first-order valence-electron chi connectivity index (χ1n) is 7.07. The van der Waals surface area contributed by atoms with E-state index in [0.29, 0.717) is 23.4 Å². The molecule has 0 radical (unpaired) electrons. The van der Waals surface area contributed by atoms with Crippen LogP contribution in [0.15, 0.2) is 41.1 Å². The van der Waals surface area contributed by atoms with Crippen molar-refractivity contribution in [3.05, 3.63) is 52.2 Å². The number of hydrogen-bond acceptors (Lipinski definition) is 4. The Kier molecular flexibility index (Phi) is 6.12. The molecule has 22 heavy (non-hydrogen) atoms. The third kappa shape index (κ3) is 4.41.